The van der Waals surface area contributed by atoms with E-state index in [1.54, 1.807) is 4.90 Å². The maximum absolute atomic E-state index is 13.5. The average molecular weight is 546 g/mol. The van der Waals surface area contributed by atoms with Crippen LogP contribution >= 0.6 is 15.9 Å². The van der Waals surface area contributed by atoms with Gasteiger partial charge in [0.2, 0.25) is 0 Å². The Morgan fingerprint density at radius 1 is 1.41 bits per heavy atom. The van der Waals surface area contributed by atoms with E-state index < -0.39 is 36.9 Å². The second-order valence-electron chi connectivity index (χ2n) is 8.15. The topological polar surface area (TPSA) is 88.9 Å². The molecular formula is C21H23BrF3N5O4. The van der Waals surface area contributed by atoms with Crippen molar-refractivity contribution in [2.24, 2.45) is 0 Å². The summed E-state index contributed by atoms with van der Waals surface area (Å²) in [7, 11) is 1.43. The monoisotopic (exact) mass is 545 g/mol. The first-order valence-electron chi connectivity index (χ1n) is 10.6. The highest BCUT2D eigenvalue weighted by atomic mass is 79.9. The molecule has 2 aromatic rings. The van der Waals surface area contributed by atoms with Crippen LogP contribution in [0.15, 0.2) is 22.7 Å². The molecule has 3 heterocycles. The second kappa shape index (κ2) is 9.92. The van der Waals surface area contributed by atoms with Crippen LogP contribution in [0.5, 0.6) is 0 Å². The first-order chi connectivity index (χ1) is 16.1. The number of carbonyl (C=O) groups is 2. The van der Waals surface area contributed by atoms with Crippen LogP contribution in [0.25, 0.3) is 0 Å². The molecule has 9 nitrogen and oxygen atoms in total. The molecule has 0 saturated heterocycles. The third-order valence-electron chi connectivity index (χ3n) is 5.63. The number of anilines is 1. The van der Waals surface area contributed by atoms with E-state index in [1.165, 1.54) is 29.9 Å². The lowest BCUT2D eigenvalue weighted by atomic mass is 9.99. The molecule has 13 heteroatoms. The summed E-state index contributed by atoms with van der Waals surface area (Å²) in [5, 5.41) is 8.35. The predicted octanol–water partition coefficient (Wildman–Crippen LogP) is 3.43. The van der Waals surface area contributed by atoms with Gasteiger partial charge in [-0.1, -0.05) is 0 Å². The Kier molecular flexibility index (Phi) is 7.14. The van der Waals surface area contributed by atoms with Crippen molar-refractivity contribution in [3.63, 3.8) is 0 Å². The lowest BCUT2D eigenvalue weighted by molar-refractivity contribution is -0.169. The first-order valence-corrected chi connectivity index (χ1v) is 11.3. The van der Waals surface area contributed by atoms with E-state index >= 15 is 0 Å². The van der Waals surface area contributed by atoms with Crippen molar-refractivity contribution in [2.45, 2.75) is 45.0 Å². The van der Waals surface area contributed by atoms with Gasteiger partial charge in [0.15, 0.2) is 0 Å². The Balaban J connectivity index is 1.54. The second-order valence-corrected chi connectivity index (χ2v) is 9.01. The zero-order chi connectivity index (χ0) is 24.6. The van der Waals surface area contributed by atoms with E-state index in [1.807, 2.05) is 6.92 Å². The lowest BCUT2D eigenvalue weighted by Crippen LogP contribution is -2.45. The van der Waals surface area contributed by atoms with Gasteiger partial charge in [-0.25, -0.2) is 23.0 Å². The van der Waals surface area contributed by atoms with E-state index in [0.29, 0.717) is 23.4 Å². The van der Waals surface area contributed by atoms with Crippen LogP contribution in [-0.2, 0) is 29.1 Å². The molecule has 0 radical (unpaired) electrons. The molecule has 1 unspecified atom stereocenters. The number of benzene rings is 1. The minimum Gasteiger partial charge on any atom is -0.373 e. The molecule has 0 fully saturated rings. The largest absolute Gasteiger partial charge is 0.373 e. The zero-order valence-corrected chi connectivity index (χ0v) is 20.0. The number of ether oxygens (including phenoxy) is 1. The highest BCUT2D eigenvalue weighted by molar-refractivity contribution is 9.10. The molecule has 2 aliphatic rings. The van der Waals surface area contributed by atoms with E-state index in [4.69, 9.17) is 9.57 Å². The highest BCUT2D eigenvalue weighted by Crippen LogP contribution is 2.29. The number of amides is 3. The minimum absolute atomic E-state index is 0.131. The Morgan fingerprint density at radius 3 is 2.88 bits per heavy atom. The molecule has 0 aliphatic carbocycles. The van der Waals surface area contributed by atoms with Crippen molar-refractivity contribution in [3.8, 4) is 0 Å². The van der Waals surface area contributed by atoms with Crippen LogP contribution in [0, 0.1) is 5.82 Å². The quantitative estimate of drug-likeness (QED) is 0.621. The molecule has 1 aromatic heterocycles. The van der Waals surface area contributed by atoms with E-state index in [2.05, 4.69) is 26.3 Å². The van der Waals surface area contributed by atoms with Crippen LogP contribution < -0.4 is 5.32 Å². The standard InChI is InChI=1S/C21H23BrF3N5O4/c1-11-5-17-14(8-29(11)21(32)26-12-3-4-16(23)15(22)6-12)19-20(31)28(2)34-13(7-30(19)27-17)9-33-10-18(24)25/h3-4,6,11,13,18H,5,7-10H2,1-2H3,(H,26,32)/t11-,13?/m1/s1. The SMILES string of the molecule is C[C@@H]1Cc2nn3c(c2CN1C(=O)Nc1ccc(F)c(Br)c1)C(=O)N(C)OC(COCC(F)F)C3. The fourth-order valence-corrected chi connectivity index (χ4v) is 4.40. The summed E-state index contributed by atoms with van der Waals surface area (Å²) in [6.07, 6.45) is -2.88. The molecule has 0 spiro atoms. The molecule has 184 valence electrons. The molecule has 1 aromatic carbocycles. The van der Waals surface area contributed by atoms with Gasteiger partial charge in [-0.2, -0.15) is 5.10 Å². The van der Waals surface area contributed by atoms with E-state index in [0.717, 1.165) is 5.06 Å². The van der Waals surface area contributed by atoms with Crippen LogP contribution in [-0.4, -0.2) is 70.5 Å². The summed E-state index contributed by atoms with van der Waals surface area (Å²) < 4.78 is 45.0. The highest BCUT2D eigenvalue weighted by Gasteiger charge is 2.37. The first kappa shape index (κ1) is 24.5. The van der Waals surface area contributed by atoms with Gasteiger partial charge in [0.25, 0.3) is 12.3 Å². The van der Waals surface area contributed by atoms with Gasteiger partial charge < -0.3 is 15.0 Å². The number of nitrogens with zero attached hydrogens (tertiary/aromatic N) is 4. The van der Waals surface area contributed by atoms with Gasteiger partial charge in [-0.05, 0) is 41.1 Å². The summed E-state index contributed by atoms with van der Waals surface area (Å²) in [5.41, 5.74) is 1.99. The fraction of sp³-hybridized carbons (Fsp3) is 0.476. The molecule has 3 amide bonds. The molecule has 0 saturated carbocycles. The van der Waals surface area contributed by atoms with Crippen LogP contribution in [0.2, 0.25) is 0 Å². The number of nitrogens with one attached hydrogen (secondary N) is 1. The summed E-state index contributed by atoms with van der Waals surface area (Å²) >= 11 is 3.10. The lowest BCUT2D eigenvalue weighted by Gasteiger charge is -2.33. The summed E-state index contributed by atoms with van der Waals surface area (Å²) in [6.45, 7) is 1.26. The maximum atomic E-state index is 13.5. The predicted molar refractivity (Wildman–Crippen MR) is 118 cm³/mol. The van der Waals surface area contributed by atoms with Crippen molar-refractivity contribution in [1.82, 2.24) is 19.7 Å². The van der Waals surface area contributed by atoms with Gasteiger partial charge in [-0.3, -0.25) is 14.3 Å². The number of hydrogen-bond acceptors (Lipinski definition) is 5. The maximum Gasteiger partial charge on any atom is 0.322 e. The average Bonchev–Trinajstić information content (AvgIpc) is 3.05. The number of carbonyl (C=O) groups excluding carboxylic acids is 2. The zero-order valence-electron chi connectivity index (χ0n) is 18.4. The van der Waals surface area contributed by atoms with Crippen LogP contribution in [0.3, 0.4) is 0 Å². The smallest absolute Gasteiger partial charge is 0.322 e. The molecule has 34 heavy (non-hydrogen) atoms. The third-order valence-corrected chi connectivity index (χ3v) is 6.24. The van der Waals surface area contributed by atoms with Crippen molar-refractivity contribution in [1.29, 1.82) is 0 Å². The number of hydrogen-bond donors (Lipinski definition) is 1. The molecule has 2 aliphatic heterocycles. The Hall–Kier alpha value is -2.64. The van der Waals surface area contributed by atoms with Crippen LogP contribution in [0.1, 0.15) is 28.7 Å². The van der Waals surface area contributed by atoms with Gasteiger partial charge in [0, 0.05) is 30.8 Å². The van der Waals surface area contributed by atoms with Crippen molar-refractivity contribution < 1.29 is 32.3 Å². The number of urea groups is 1. The van der Waals surface area contributed by atoms with E-state index in [9.17, 15) is 22.8 Å². The number of rotatable bonds is 5. The number of alkyl halides is 2. The van der Waals surface area contributed by atoms with Gasteiger partial charge in [-0.15, -0.1) is 0 Å². The number of hydroxylamine groups is 2. The van der Waals surface area contributed by atoms with E-state index in [-0.39, 0.29) is 35.9 Å². The molecular weight excluding hydrogens is 523 g/mol. The normalized spacial score (nSPS) is 20.3. The van der Waals surface area contributed by atoms with Crippen molar-refractivity contribution in [2.75, 3.05) is 25.6 Å². The van der Waals surface area contributed by atoms with Gasteiger partial charge >= 0.3 is 6.03 Å². The minimum atomic E-state index is -2.60. The number of fused-ring (bicyclic) bond motifs is 3. The fourth-order valence-electron chi connectivity index (χ4n) is 4.03. The van der Waals surface area contributed by atoms with Gasteiger partial charge in [0.1, 0.15) is 24.2 Å². The number of halogens is 4. The Bertz CT molecular complexity index is 1100. The molecule has 4 rings (SSSR count). The van der Waals surface area contributed by atoms with Crippen molar-refractivity contribution in [3.05, 3.63) is 45.4 Å². The third kappa shape index (κ3) is 5.05. The summed E-state index contributed by atoms with van der Waals surface area (Å²) in [6, 6.07) is 3.54. The Labute approximate surface area is 201 Å². The van der Waals surface area contributed by atoms with Crippen molar-refractivity contribution >= 4 is 33.6 Å². The summed E-state index contributed by atoms with van der Waals surface area (Å²) in [4.78, 5) is 33.2. The number of aromatic nitrogens is 2. The molecule has 0 bridgehead atoms. The molecule has 1 N–H and O–H groups in total. The Morgan fingerprint density at radius 2 is 2.18 bits per heavy atom. The van der Waals surface area contributed by atoms with Crippen LogP contribution in [0.4, 0.5) is 23.7 Å². The van der Waals surface area contributed by atoms with Gasteiger partial charge in [0.05, 0.1) is 29.9 Å². The molecule has 2 atom stereocenters. The summed E-state index contributed by atoms with van der Waals surface area (Å²) in [5.74, 6) is -0.901.